The van der Waals surface area contributed by atoms with Gasteiger partial charge in [0.1, 0.15) is 10.6 Å². The van der Waals surface area contributed by atoms with E-state index in [4.69, 9.17) is 21.8 Å². The number of halogens is 1. The first-order valence-electron chi connectivity index (χ1n) is 5.92. The van der Waals surface area contributed by atoms with Gasteiger partial charge in [0.2, 0.25) is 0 Å². The van der Waals surface area contributed by atoms with Crippen molar-refractivity contribution in [3.63, 3.8) is 0 Å². The predicted molar refractivity (Wildman–Crippen MR) is 78.3 cm³/mol. The van der Waals surface area contributed by atoms with Crippen LogP contribution in [0.3, 0.4) is 0 Å². The van der Waals surface area contributed by atoms with Crippen LogP contribution in [-0.2, 0) is 9.05 Å². The van der Waals surface area contributed by atoms with E-state index in [2.05, 4.69) is 10.9 Å². The highest BCUT2D eigenvalue weighted by atomic mass is 35.7. The SMILES string of the molecule is C#CCCCOc1ccc(S(=O)(=O)Cl)c2ncccc12. The minimum Gasteiger partial charge on any atom is -0.493 e. The van der Waals surface area contributed by atoms with Crippen molar-refractivity contribution >= 4 is 30.6 Å². The Labute approximate surface area is 122 Å². The van der Waals surface area contributed by atoms with Gasteiger partial charge in [-0.2, -0.15) is 0 Å². The largest absolute Gasteiger partial charge is 0.493 e. The molecule has 4 nitrogen and oxygen atoms in total. The number of unbranched alkanes of at least 4 members (excludes halogenated alkanes) is 1. The van der Waals surface area contributed by atoms with Gasteiger partial charge >= 0.3 is 0 Å². The van der Waals surface area contributed by atoms with Gasteiger partial charge < -0.3 is 4.74 Å². The molecule has 0 N–H and O–H groups in total. The molecule has 0 unspecified atom stereocenters. The van der Waals surface area contributed by atoms with Crippen LogP contribution in [-0.4, -0.2) is 20.0 Å². The van der Waals surface area contributed by atoms with E-state index in [-0.39, 0.29) is 4.90 Å². The van der Waals surface area contributed by atoms with Gasteiger partial charge in [0.25, 0.3) is 9.05 Å². The summed E-state index contributed by atoms with van der Waals surface area (Å²) in [5, 5.41) is 0.606. The summed E-state index contributed by atoms with van der Waals surface area (Å²) in [7, 11) is 1.56. The molecule has 1 aromatic heterocycles. The molecule has 0 atom stereocenters. The monoisotopic (exact) mass is 309 g/mol. The summed E-state index contributed by atoms with van der Waals surface area (Å²) >= 11 is 0. The molecule has 0 saturated heterocycles. The van der Waals surface area contributed by atoms with Crippen molar-refractivity contribution in [2.24, 2.45) is 0 Å². The van der Waals surface area contributed by atoms with Gasteiger partial charge in [-0.3, -0.25) is 4.98 Å². The van der Waals surface area contributed by atoms with Crippen molar-refractivity contribution in [1.82, 2.24) is 4.98 Å². The molecule has 0 amide bonds. The topological polar surface area (TPSA) is 56.3 Å². The maximum atomic E-state index is 11.5. The number of rotatable bonds is 5. The lowest BCUT2D eigenvalue weighted by atomic mass is 10.2. The van der Waals surface area contributed by atoms with Gasteiger partial charge in [0.15, 0.2) is 0 Å². The summed E-state index contributed by atoms with van der Waals surface area (Å²) in [5.41, 5.74) is 0.303. The summed E-state index contributed by atoms with van der Waals surface area (Å²) < 4.78 is 28.7. The summed E-state index contributed by atoms with van der Waals surface area (Å²) in [6.45, 7) is 0.459. The zero-order valence-corrected chi connectivity index (χ0v) is 12.1. The number of pyridine rings is 1. The first kappa shape index (κ1) is 14.6. The van der Waals surface area contributed by atoms with E-state index >= 15 is 0 Å². The maximum absolute atomic E-state index is 11.5. The fourth-order valence-corrected chi connectivity index (χ4v) is 2.80. The highest BCUT2D eigenvalue weighted by Crippen LogP contribution is 2.31. The molecule has 0 fully saturated rings. The van der Waals surface area contributed by atoms with Crippen LogP contribution in [0.4, 0.5) is 0 Å². The number of fused-ring (bicyclic) bond motifs is 1. The average Bonchev–Trinajstić information content (AvgIpc) is 2.42. The summed E-state index contributed by atoms with van der Waals surface area (Å²) in [6, 6.07) is 6.43. The van der Waals surface area contributed by atoms with Gasteiger partial charge in [-0.25, -0.2) is 8.42 Å². The number of ether oxygens (including phenoxy) is 1. The van der Waals surface area contributed by atoms with Crippen molar-refractivity contribution in [3.05, 3.63) is 30.5 Å². The molecule has 1 heterocycles. The Morgan fingerprint density at radius 1 is 1.35 bits per heavy atom. The molecule has 20 heavy (non-hydrogen) atoms. The molecule has 0 bridgehead atoms. The quantitative estimate of drug-likeness (QED) is 0.484. The second-order valence-electron chi connectivity index (χ2n) is 4.06. The average molecular weight is 310 g/mol. The second kappa shape index (κ2) is 6.12. The number of nitrogens with zero attached hydrogens (tertiary/aromatic N) is 1. The summed E-state index contributed by atoms with van der Waals surface area (Å²) in [4.78, 5) is 4.05. The van der Waals surface area contributed by atoms with Crippen LogP contribution in [0.25, 0.3) is 10.9 Å². The molecular formula is C14H12ClNO3S. The highest BCUT2D eigenvalue weighted by molar-refractivity contribution is 8.14. The Morgan fingerprint density at radius 2 is 2.15 bits per heavy atom. The molecule has 0 aliphatic rings. The van der Waals surface area contributed by atoms with E-state index in [1.807, 2.05) is 0 Å². The summed E-state index contributed by atoms with van der Waals surface area (Å²) in [5.74, 6) is 3.10. The van der Waals surface area contributed by atoms with Crippen molar-refractivity contribution in [3.8, 4) is 18.1 Å². The van der Waals surface area contributed by atoms with Crippen molar-refractivity contribution < 1.29 is 13.2 Å². The van der Waals surface area contributed by atoms with Crippen LogP contribution >= 0.6 is 10.7 Å². The number of aromatic nitrogens is 1. The van der Waals surface area contributed by atoms with E-state index in [0.717, 1.165) is 6.42 Å². The third kappa shape index (κ3) is 3.21. The zero-order chi connectivity index (χ0) is 14.6. The Kier molecular flexibility index (Phi) is 4.48. The van der Waals surface area contributed by atoms with Gasteiger partial charge in [-0.15, -0.1) is 12.3 Å². The van der Waals surface area contributed by atoms with E-state index in [1.165, 1.54) is 12.3 Å². The van der Waals surface area contributed by atoms with E-state index in [0.29, 0.717) is 29.7 Å². The molecule has 0 radical (unpaired) electrons. The molecule has 6 heteroatoms. The van der Waals surface area contributed by atoms with Crippen LogP contribution < -0.4 is 4.74 Å². The molecule has 104 valence electrons. The van der Waals surface area contributed by atoms with Crippen LogP contribution in [0.5, 0.6) is 5.75 Å². The number of hydrogen-bond acceptors (Lipinski definition) is 4. The number of hydrogen-bond donors (Lipinski definition) is 0. The third-order valence-electron chi connectivity index (χ3n) is 2.68. The first-order valence-corrected chi connectivity index (χ1v) is 8.23. The lowest BCUT2D eigenvalue weighted by molar-refractivity contribution is 0.316. The Hall–Kier alpha value is -1.77. The molecule has 1 aromatic carbocycles. The molecule has 2 rings (SSSR count). The van der Waals surface area contributed by atoms with Crippen molar-refractivity contribution in [2.45, 2.75) is 17.7 Å². The zero-order valence-electron chi connectivity index (χ0n) is 10.5. The lowest BCUT2D eigenvalue weighted by Gasteiger charge is -2.10. The molecular weight excluding hydrogens is 298 g/mol. The minimum atomic E-state index is -3.85. The standard InChI is InChI=1S/C14H12ClNO3S/c1-2-3-4-10-19-12-7-8-13(20(15,17)18)14-11(12)6-5-9-16-14/h1,5-9H,3-4,10H2. The van der Waals surface area contributed by atoms with Gasteiger partial charge in [-0.05, 0) is 30.7 Å². The normalized spacial score (nSPS) is 11.2. The maximum Gasteiger partial charge on any atom is 0.263 e. The van der Waals surface area contributed by atoms with Crippen LogP contribution in [0.2, 0.25) is 0 Å². The summed E-state index contributed by atoms with van der Waals surface area (Å²) in [6.07, 6.45) is 8.04. The molecule has 2 aromatic rings. The van der Waals surface area contributed by atoms with Crippen LogP contribution in [0, 0.1) is 12.3 Å². The lowest BCUT2D eigenvalue weighted by Crippen LogP contribution is -2.00. The van der Waals surface area contributed by atoms with E-state index in [1.54, 1.807) is 18.2 Å². The fraction of sp³-hybridized carbons (Fsp3) is 0.214. The number of terminal acetylenes is 1. The van der Waals surface area contributed by atoms with Crippen molar-refractivity contribution in [1.29, 1.82) is 0 Å². The predicted octanol–water partition coefficient (Wildman–Crippen LogP) is 2.95. The Morgan fingerprint density at radius 3 is 2.85 bits per heavy atom. The fourth-order valence-electron chi connectivity index (χ4n) is 1.80. The van der Waals surface area contributed by atoms with Gasteiger partial charge in [0, 0.05) is 28.7 Å². The van der Waals surface area contributed by atoms with Gasteiger partial charge in [0.05, 0.1) is 12.1 Å². The molecule has 0 spiro atoms. The Balaban J connectivity index is 2.42. The van der Waals surface area contributed by atoms with Gasteiger partial charge in [-0.1, -0.05) is 0 Å². The van der Waals surface area contributed by atoms with E-state index in [9.17, 15) is 8.42 Å². The van der Waals surface area contributed by atoms with E-state index < -0.39 is 9.05 Å². The minimum absolute atomic E-state index is 0.0225. The number of benzene rings is 1. The van der Waals surface area contributed by atoms with Crippen molar-refractivity contribution in [2.75, 3.05) is 6.61 Å². The molecule has 0 aliphatic heterocycles. The first-order chi connectivity index (χ1) is 9.54. The second-order valence-corrected chi connectivity index (χ2v) is 6.59. The molecule has 0 aliphatic carbocycles. The highest BCUT2D eigenvalue weighted by Gasteiger charge is 2.17. The molecule has 0 saturated carbocycles. The smallest absolute Gasteiger partial charge is 0.263 e. The van der Waals surface area contributed by atoms with Crippen LogP contribution in [0.1, 0.15) is 12.8 Å². The van der Waals surface area contributed by atoms with Crippen LogP contribution in [0.15, 0.2) is 35.4 Å². The third-order valence-corrected chi connectivity index (χ3v) is 4.03. The Bertz CT molecular complexity index is 766.